The van der Waals surface area contributed by atoms with E-state index in [0.717, 1.165) is 19.1 Å². The van der Waals surface area contributed by atoms with Gasteiger partial charge < -0.3 is 10.6 Å². The van der Waals surface area contributed by atoms with Crippen molar-refractivity contribution in [2.45, 2.75) is 57.2 Å². The second-order valence-electron chi connectivity index (χ2n) is 5.67. The lowest BCUT2D eigenvalue weighted by Gasteiger charge is -2.39. The van der Waals surface area contributed by atoms with Crippen molar-refractivity contribution in [1.82, 2.24) is 15.5 Å². The fourth-order valence-corrected chi connectivity index (χ4v) is 2.78. The molecule has 1 aliphatic heterocycles. The van der Waals surface area contributed by atoms with Crippen LogP contribution in [0.5, 0.6) is 0 Å². The maximum absolute atomic E-state index is 12.0. The highest BCUT2D eigenvalue weighted by molar-refractivity contribution is 5.81. The van der Waals surface area contributed by atoms with Crippen LogP contribution >= 0.6 is 0 Å². The number of carbonyl (C=O) groups excluding carboxylic acids is 1. The van der Waals surface area contributed by atoms with Crippen molar-refractivity contribution in [1.29, 1.82) is 0 Å². The van der Waals surface area contributed by atoms with Crippen LogP contribution in [0, 0.1) is 12.3 Å². The minimum atomic E-state index is -0.0837. The Hall–Kier alpha value is -1.05. The number of nitrogens with one attached hydrogen (secondary N) is 2. The lowest BCUT2D eigenvalue weighted by molar-refractivity contribution is -0.127. The molecule has 2 rings (SSSR count). The Bertz CT molecular complexity index is 346. The first-order chi connectivity index (χ1) is 9.22. The Labute approximate surface area is 116 Å². The molecular weight excluding hydrogens is 238 g/mol. The molecule has 1 saturated carbocycles. The van der Waals surface area contributed by atoms with Crippen LogP contribution in [0.25, 0.3) is 0 Å². The van der Waals surface area contributed by atoms with Crippen molar-refractivity contribution in [2.24, 2.45) is 0 Å². The summed E-state index contributed by atoms with van der Waals surface area (Å²) in [4.78, 5) is 14.4. The molecule has 0 aromatic carbocycles. The van der Waals surface area contributed by atoms with Crippen LogP contribution in [0.1, 0.15) is 39.0 Å². The summed E-state index contributed by atoms with van der Waals surface area (Å²) in [6, 6.07) is 1.13. The first-order valence-electron chi connectivity index (χ1n) is 7.42. The fraction of sp³-hybridized carbons (Fsp3) is 0.800. The molecule has 2 N–H and O–H groups in total. The van der Waals surface area contributed by atoms with E-state index in [1.54, 1.807) is 0 Å². The van der Waals surface area contributed by atoms with Gasteiger partial charge >= 0.3 is 0 Å². The Morgan fingerprint density at radius 1 is 1.42 bits per heavy atom. The van der Waals surface area contributed by atoms with Crippen molar-refractivity contribution < 1.29 is 4.79 Å². The predicted octanol–water partition coefficient (Wildman–Crippen LogP) is 0.731. The Balaban J connectivity index is 1.85. The summed E-state index contributed by atoms with van der Waals surface area (Å²) in [5.41, 5.74) is 0. The van der Waals surface area contributed by atoms with Crippen LogP contribution in [0.4, 0.5) is 0 Å². The summed E-state index contributed by atoms with van der Waals surface area (Å²) >= 11 is 0. The van der Waals surface area contributed by atoms with Crippen LogP contribution in [-0.4, -0.2) is 48.6 Å². The molecule has 1 aliphatic carbocycles. The maximum Gasteiger partial charge on any atom is 0.237 e. The number of hydrogen-bond donors (Lipinski definition) is 2. The first-order valence-corrected chi connectivity index (χ1v) is 7.42. The maximum atomic E-state index is 12.0. The van der Waals surface area contributed by atoms with Gasteiger partial charge in [0.15, 0.2) is 0 Å². The summed E-state index contributed by atoms with van der Waals surface area (Å²) in [5, 5.41) is 6.38. The highest BCUT2D eigenvalue weighted by Gasteiger charge is 2.31. The molecule has 0 aromatic rings. The van der Waals surface area contributed by atoms with E-state index in [0.29, 0.717) is 12.6 Å². The third-order valence-corrected chi connectivity index (χ3v) is 4.13. The van der Waals surface area contributed by atoms with E-state index in [1.807, 2.05) is 6.92 Å². The van der Waals surface area contributed by atoms with Crippen LogP contribution in [-0.2, 0) is 4.79 Å². The zero-order valence-electron chi connectivity index (χ0n) is 11.8. The molecule has 2 unspecified atom stereocenters. The van der Waals surface area contributed by atoms with Crippen molar-refractivity contribution in [3.05, 3.63) is 0 Å². The number of carbonyl (C=O) groups is 1. The van der Waals surface area contributed by atoms with Gasteiger partial charge in [-0.3, -0.25) is 9.69 Å². The monoisotopic (exact) mass is 263 g/mol. The number of piperidine rings is 1. The quantitative estimate of drug-likeness (QED) is 0.695. The second-order valence-corrected chi connectivity index (χ2v) is 5.67. The van der Waals surface area contributed by atoms with Gasteiger partial charge in [-0.15, -0.1) is 6.42 Å². The van der Waals surface area contributed by atoms with Gasteiger partial charge in [-0.2, -0.15) is 0 Å². The molecule has 0 bridgehead atoms. The van der Waals surface area contributed by atoms with E-state index in [1.165, 1.54) is 32.1 Å². The lowest BCUT2D eigenvalue weighted by Crippen LogP contribution is -2.54. The summed E-state index contributed by atoms with van der Waals surface area (Å²) in [5.74, 6) is 2.51. The molecule has 0 radical (unpaired) electrons. The average molecular weight is 263 g/mol. The highest BCUT2D eigenvalue weighted by atomic mass is 16.2. The van der Waals surface area contributed by atoms with E-state index in [-0.39, 0.29) is 11.9 Å². The zero-order valence-corrected chi connectivity index (χ0v) is 11.8. The number of terminal acetylenes is 1. The van der Waals surface area contributed by atoms with Gasteiger partial charge in [-0.1, -0.05) is 12.3 Å². The van der Waals surface area contributed by atoms with Gasteiger partial charge in [0.05, 0.1) is 12.6 Å². The number of nitrogens with zero attached hydrogens (tertiary/aromatic N) is 1. The highest BCUT2D eigenvalue weighted by Crippen LogP contribution is 2.22. The third kappa shape index (κ3) is 4.22. The summed E-state index contributed by atoms with van der Waals surface area (Å²) in [6.07, 6.45) is 11.4. The molecule has 4 heteroatoms. The van der Waals surface area contributed by atoms with Crippen LogP contribution in [0.3, 0.4) is 0 Å². The molecule has 4 nitrogen and oxygen atoms in total. The van der Waals surface area contributed by atoms with Crippen molar-refractivity contribution >= 4 is 5.91 Å². The van der Waals surface area contributed by atoms with Gasteiger partial charge in [0, 0.05) is 18.6 Å². The van der Waals surface area contributed by atoms with E-state index >= 15 is 0 Å². The van der Waals surface area contributed by atoms with Crippen molar-refractivity contribution in [3.63, 3.8) is 0 Å². The van der Waals surface area contributed by atoms with Gasteiger partial charge in [-0.05, 0) is 39.2 Å². The molecule has 1 amide bonds. The molecule has 1 heterocycles. The van der Waals surface area contributed by atoms with E-state index in [9.17, 15) is 4.79 Å². The minimum absolute atomic E-state index is 0.0521. The molecule has 0 aromatic heterocycles. The normalized spacial score (nSPS) is 25.6. The average Bonchev–Trinajstić information content (AvgIpc) is 3.26. The molecule has 2 fully saturated rings. The third-order valence-electron chi connectivity index (χ3n) is 4.13. The number of amides is 1. The minimum Gasteiger partial charge on any atom is -0.344 e. The van der Waals surface area contributed by atoms with Gasteiger partial charge in [0.1, 0.15) is 0 Å². The topological polar surface area (TPSA) is 44.4 Å². The van der Waals surface area contributed by atoms with Crippen molar-refractivity contribution in [3.8, 4) is 12.3 Å². The summed E-state index contributed by atoms with van der Waals surface area (Å²) in [6.45, 7) is 4.34. The van der Waals surface area contributed by atoms with E-state index in [4.69, 9.17) is 6.42 Å². The van der Waals surface area contributed by atoms with Crippen LogP contribution in [0.15, 0.2) is 0 Å². The standard InChI is InChI=1S/C15H25N3O/c1-3-9-16-15(19)12(2)18-10-5-4-6-14(18)11-17-13-7-8-13/h1,12-14,17H,4-11H2,2H3,(H,16,19). The van der Waals surface area contributed by atoms with Gasteiger partial charge in [0.25, 0.3) is 0 Å². The molecule has 2 aliphatic rings. The molecule has 106 valence electrons. The zero-order chi connectivity index (χ0) is 13.7. The molecule has 19 heavy (non-hydrogen) atoms. The van der Waals surface area contributed by atoms with Crippen LogP contribution in [0.2, 0.25) is 0 Å². The molecule has 1 saturated heterocycles. The number of likely N-dealkylation sites (tertiary alicyclic amines) is 1. The van der Waals surface area contributed by atoms with Crippen LogP contribution < -0.4 is 10.6 Å². The van der Waals surface area contributed by atoms with Crippen molar-refractivity contribution in [2.75, 3.05) is 19.6 Å². The Morgan fingerprint density at radius 2 is 2.21 bits per heavy atom. The number of rotatable bonds is 6. The molecule has 0 spiro atoms. The summed E-state index contributed by atoms with van der Waals surface area (Å²) in [7, 11) is 0. The van der Waals surface area contributed by atoms with E-state index in [2.05, 4.69) is 21.5 Å². The largest absolute Gasteiger partial charge is 0.344 e. The molecule has 2 atom stereocenters. The molecular formula is C15H25N3O. The lowest BCUT2D eigenvalue weighted by atomic mass is 9.99. The fourth-order valence-electron chi connectivity index (χ4n) is 2.78. The smallest absolute Gasteiger partial charge is 0.237 e. The van der Waals surface area contributed by atoms with Gasteiger partial charge in [0.2, 0.25) is 5.91 Å². The Kier molecular flexibility index (Phi) is 5.24. The SMILES string of the molecule is C#CCNC(=O)C(C)N1CCCCC1CNC1CC1. The van der Waals surface area contributed by atoms with Gasteiger partial charge in [-0.25, -0.2) is 0 Å². The second kappa shape index (κ2) is 6.93. The first kappa shape index (κ1) is 14.4. The predicted molar refractivity (Wildman–Crippen MR) is 76.7 cm³/mol. The number of hydrogen-bond acceptors (Lipinski definition) is 3. The summed E-state index contributed by atoms with van der Waals surface area (Å²) < 4.78 is 0. The Morgan fingerprint density at radius 3 is 2.89 bits per heavy atom. The van der Waals surface area contributed by atoms with E-state index < -0.39 is 0 Å².